The largest absolute Gasteiger partial charge is 0.355 e. The zero-order valence-corrected chi connectivity index (χ0v) is 20.2. The van der Waals surface area contributed by atoms with E-state index in [9.17, 15) is 0 Å². The van der Waals surface area contributed by atoms with E-state index in [1.165, 1.54) is 0 Å². The van der Waals surface area contributed by atoms with Crippen LogP contribution in [0.2, 0.25) is 10.0 Å². The van der Waals surface area contributed by atoms with Gasteiger partial charge in [-0.15, -0.1) is 0 Å². The minimum atomic E-state index is -0.0900. The monoisotopic (exact) mass is 470 g/mol. The van der Waals surface area contributed by atoms with Gasteiger partial charge in [-0.25, -0.2) is 14.6 Å². The van der Waals surface area contributed by atoms with Gasteiger partial charge in [-0.2, -0.15) is 5.10 Å². The van der Waals surface area contributed by atoms with Gasteiger partial charge >= 0.3 is 0 Å². The Bertz CT molecular complexity index is 1160. The maximum atomic E-state index is 6.49. The van der Waals surface area contributed by atoms with Crippen molar-refractivity contribution in [2.75, 3.05) is 31.1 Å². The third-order valence-electron chi connectivity index (χ3n) is 6.84. The van der Waals surface area contributed by atoms with Gasteiger partial charge in [-0.05, 0) is 43.9 Å². The van der Waals surface area contributed by atoms with E-state index in [0.717, 1.165) is 60.8 Å². The summed E-state index contributed by atoms with van der Waals surface area (Å²) in [6, 6.07) is 6.11. The number of anilines is 1. The summed E-state index contributed by atoms with van der Waals surface area (Å²) in [5.74, 6) is 1.48. The van der Waals surface area contributed by atoms with Gasteiger partial charge in [-0.3, -0.25) is 4.90 Å². The molecular formula is C24H28Cl2N6. The minimum Gasteiger partial charge on any atom is -0.355 e. The summed E-state index contributed by atoms with van der Waals surface area (Å²) in [4.78, 5) is 14.7. The molecule has 3 aromatic rings. The minimum absolute atomic E-state index is 0.0900. The normalized spacial score (nSPS) is 22.7. The van der Waals surface area contributed by atoms with Crippen molar-refractivity contribution in [1.29, 1.82) is 0 Å². The van der Waals surface area contributed by atoms with Crippen molar-refractivity contribution in [1.82, 2.24) is 24.6 Å². The van der Waals surface area contributed by atoms with E-state index in [1.807, 2.05) is 29.9 Å². The van der Waals surface area contributed by atoms with E-state index >= 15 is 0 Å². The Morgan fingerprint density at radius 1 is 1.16 bits per heavy atom. The molecule has 0 bridgehead atoms. The highest BCUT2D eigenvalue weighted by molar-refractivity contribution is 6.35. The molecule has 1 fully saturated rings. The predicted octanol–water partition coefficient (Wildman–Crippen LogP) is 5.14. The highest BCUT2D eigenvalue weighted by atomic mass is 35.5. The second-order valence-electron chi connectivity index (χ2n) is 8.98. The van der Waals surface area contributed by atoms with Gasteiger partial charge in [-0.1, -0.05) is 48.3 Å². The van der Waals surface area contributed by atoms with E-state index in [2.05, 4.69) is 35.8 Å². The van der Waals surface area contributed by atoms with Gasteiger partial charge in [0.15, 0.2) is 5.65 Å². The molecule has 1 aromatic carbocycles. The molecule has 1 saturated heterocycles. The molecule has 4 heterocycles. The van der Waals surface area contributed by atoms with Crippen LogP contribution in [0.3, 0.4) is 0 Å². The fourth-order valence-corrected chi connectivity index (χ4v) is 5.65. The van der Waals surface area contributed by atoms with Crippen molar-refractivity contribution in [2.24, 2.45) is 5.92 Å². The van der Waals surface area contributed by atoms with Crippen LogP contribution < -0.4 is 4.90 Å². The number of halogens is 2. The molecule has 0 amide bonds. The van der Waals surface area contributed by atoms with Gasteiger partial charge in [0.05, 0.1) is 17.9 Å². The quantitative estimate of drug-likeness (QED) is 0.494. The molecule has 0 radical (unpaired) electrons. The molecule has 168 valence electrons. The highest BCUT2D eigenvalue weighted by Crippen LogP contribution is 2.32. The van der Waals surface area contributed by atoms with Gasteiger partial charge in [0, 0.05) is 42.3 Å². The van der Waals surface area contributed by atoms with Crippen LogP contribution in [0.4, 0.5) is 5.82 Å². The summed E-state index contributed by atoms with van der Waals surface area (Å²) in [6.07, 6.45) is 7.58. The Hall–Kier alpha value is -2.15. The third-order valence-corrected chi connectivity index (χ3v) is 7.40. The molecule has 6 nitrogen and oxygen atoms in total. The highest BCUT2D eigenvalue weighted by Gasteiger charge is 2.31. The SMILES string of the molecule is Cc1nn(C(C)c2ccc(Cl)cc2Cl)c2nc(N3CCC(N4CC=CC4)C(C)C3)cnc12. The van der Waals surface area contributed by atoms with Crippen molar-refractivity contribution < 1.29 is 0 Å². The Kier molecular flexibility index (Phi) is 5.86. The molecule has 8 heteroatoms. The van der Waals surface area contributed by atoms with Crippen LogP contribution in [0.25, 0.3) is 11.2 Å². The lowest BCUT2D eigenvalue weighted by molar-refractivity contribution is 0.165. The number of fused-ring (bicyclic) bond motifs is 1. The van der Waals surface area contributed by atoms with Crippen molar-refractivity contribution in [3.63, 3.8) is 0 Å². The third kappa shape index (κ3) is 3.89. The standard InChI is InChI=1S/C24H28Cl2N6/c1-15-14-31(11-8-21(15)30-9-4-5-10-30)22-13-27-23-16(2)29-32(24(23)28-22)17(3)19-7-6-18(25)12-20(19)26/h4-7,12-13,15,17,21H,8-11,14H2,1-3H3. The van der Waals surface area contributed by atoms with Gasteiger partial charge in [0.2, 0.25) is 0 Å². The topological polar surface area (TPSA) is 50.1 Å². The van der Waals surface area contributed by atoms with E-state index in [-0.39, 0.29) is 6.04 Å². The lowest BCUT2D eigenvalue weighted by Crippen LogP contribution is -2.49. The van der Waals surface area contributed by atoms with Crippen molar-refractivity contribution in [3.05, 3.63) is 57.9 Å². The first-order chi connectivity index (χ1) is 15.4. The number of aryl methyl sites for hydroxylation is 1. The fraction of sp³-hybridized carbons (Fsp3) is 0.458. The molecule has 2 aliphatic heterocycles. The average molecular weight is 471 g/mol. The Labute approximate surface area is 198 Å². The molecular weight excluding hydrogens is 443 g/mol. The number of piperidine rings is 1. The molecule has 0 spiro atoms. The molecule has 2 aliphatic rings. The predicted molar refractivity (Wildman–Crippen MR) is 131 cm³/mol. The average Bonchev–Trinajstić information content (AvgIpc) is 3.41. The van der Waals surface area contributed by atoms with E-state index < -0.39 is 0 Å². The summed E-state index contributed by atoms with van der Waals surface area (Å²) in [6.45, 7) is 10.5. The van der Waals surface area contributed by atoms with Crippen LogP contribution in [-0.4, -0.2) is 56.9 Å². The molecule has 3 unspecified atom stereocenters. The summed E-state index contributed by atoms with van der Waals surface area (Å²) in [7, 11) is 0. The first-order valence-electron chi connectivity index (χ1n) is 11.2. The second-order valence-corrected chi connectivity index (χ2v) is 9.82. The Morgan fingerprint density at radius 2 is 1.94 bits per heavy atom. The number of rotatable bonds is 4. The zero-order chi connectivity index (χ0) is 22.4. The Morgan fingerprint density at radius 3 is 2.66 bits per heavy atom. The van der Waals surface area contributed by atoms with Crippen molar-refractivity contribution in [3.8, 4) is 0 Å². The molecule has 5 rings (SSSR count). The number of nitrogens with zero attached hydrogens (tertiary/aromatic N) is 6. The summed E-state index contributed by atoms with van der Waals surface area (Å²) >= 11 is 12.6. The van der Waals surface area contributed by atoms with Gasteiger partial charge < -0.3 is 4.90 Å². The first kappa shape index (κ1) is 21.7. The summed E-state index contributed by atoms with van der Waals surface area (Å²) in [5, 5.41) is 6.01. The zero-order valence-electron chi connectivity index (χ0n) is 18.7. The fourth-order valence-electron chi connectivity index (χ4n) is 5.09. The summed E-state index contributed by atoms with van der Waals surface area (Å²) < 4.78 is 1.93. The van der Waals surface area contributed by atoms with Gasteiger partial charge in [0.1, 0.15) is 11.3 Å². The molecule has 32 heavy (non-hydrogen) atoms. The molecule has 2 aromatic heterocycles. The maximum absolute atomic E-state index is 6.49. The molecule has 0 aliphatic carbocycles. The molecule has 3 atom stereocenters. The second kappa shape index (κ2) is 8.65. The van der Waals surface area contributed by atoms with Crippen LogP contribution in [0.1, 0.15) is 37.6 Å². The summed E-state index contributed by atoms with van der Waals surface area (Å²) in [5.41, 5.74) is 3.44. The number of benzene rings is 1. The van der Waals surface area contributed by atoms with Crippen molar-refractivity contribution >= 4 is 40.2 Å². The number of hydrogen-bond donors (Lipinski definition) is 0. The van der Waals surface area contributed by atoms with Crippen LogP contribution in [-0.2, 0) is 0 Å². The van der Waals surface area contributed by atoms with E-state index in [0.29, 0.717) is 22.0 Å². The maximum Gasteiger partial charge on any atom is 0.179 e. The smallest absolute Gasteiger partial charge is 0.179 e. The van der Waals surface area contributed by atoms with Crippen molar-refractivity contribution in [2.45, 2.75) is 39.3 Å². The van der Waals surface area contributed by atoms with Gasteiger partial charge in [0.25, 0.3) is 0 Å². The molecule has 0 saturated carbocycles. The lowest BCUT2D eigenvalue weighted by atomic mass is 9.92. The number of aromatic nitrogens is 4. The van der Waals surface area contributed by atoms with Crippen LogP contribution in [0.15, 0.2) is 36.5 Å². The molecule has 0 N–H and O–H groups in total. The van der Waals surface area contributed by atoms with E-state index in [1.54, 1.807) is 6.07 Å². The number of hydrogen-bond acceptors (Lipinski definition) is 5. The van der Waals surface area contributed by atoms with E-state index in [4.69, 9.17) is 38.3 Å². The van der Waals surface area contributed by atoms with Crippen LogP contribution in [0.5, 0.6) is 0 Å². The Balaban J connectivity index is 1.44. The lowest BCUT2D eigenvalue weighted by Gasteiger charge is -2.41. The first-order valence-corrected chi connectivity index (χ1v) is 12.0. The van der Waals surface area contributed by atoms with Crippen LogP contribution in [0, 0.1) is 12.8 Å². The van der Waals surface area contributed by atoms with Crippen LogP contribution >= 0.6 is 23.2 Å².